The van der Waals surface area contributed by atoms with Crippen LogP contribution in [0.4, 0.5) is 10.1 Å². The number of aromatic nitrogens is 3. The highest BCUT2D eigenvalue weighted by molar-refractivity contribution is 6.08. The number of halogens is 1. The van der Waals surface area contributed by atoms with Gasteiger partial charge in [-0.15, -0.1) is 0 Å². The number of carbonyl (C=O) groups excluding carboxylic acids is 1. The Morgan fingerprint density at radius 1 is 1.19 bits per heavy atom. The van der Waals surface area contributed by atoms with Crippen molar-refractivity contribution in [3.8, 4) is 11.3 Å². The van der Waals surface area contributed by atoms with Crippen molar-refractivity contribution >= 4 is 17.2 Å². The largest absolute Gasteiger partial charge is 0.374 e. The maximum atomic E-state index is 14.1. The van der Waals surface area contributed by atoms with Crippen LogP contribution in [0.3, 0.4) is 0 Å². The number of nitrogens with zero attached hydrogens (tertiary/aromatic N) is 2. The Kier molecular flexibility index (Phi) is 5.87. The molecule has 164 valence electrons. The lowest BCUT2D eigenvalue weighted by molar-refractivity contribution is 0.0657. The van der Waals surface area contributed by atoms with Gasteiger partial charge in [0.25, 0.3) is 11.5 Å². The molecule has 2 N–H and O–H groups in total. The van der Waals surface area contributed by atoms with Gasteiger partial charge in [0.05, 0.1) is 24.1 Å². The van der Waals surface area contributed by atoms with E-state index in [1.54, 1.807) is 13.0 Å². The van der Waals surface area contributed by atoms with Gasteiger partial charge in [0, 0.05) is 17.8 Å². The Balaban J connectivity index is 1.65. The van der Waals surface area contributed by atoms with Gasteiger partial charge in [-0.2, -0.15) is 0 Å². The number of amides is 1. The molecule has 2 heterocycles. The third-order valence-electron chi connectivity index (χ3n) is 4.95. The molecule has 0 spiro atoms. The van der Waals surface area contributed by atoms with Crippen molar-refractivity contribution in [1.82, 2.24) is 14.6 Å². The molecule has 4 rings (SSSR count). The standard InChI is InChI=1S/C24H23FN4O3/c1-14(2)32-13-16-5-7-17(8-6-16)21-11-22(30)29-23(27-21)18(12-26-29)24(31)28-20-9-4-15(3)10-19(20)25/h4-12,14,26H,13H2,1-3H3,(H,28,31). The van der Waals surface area contributed by atoms with E-state index in [4.69, 9.17) is 4.74 Å². The summed E-state index contributed by atoms with van der Waals surface area (Å²) in [5.74, 6) is -1.11. The maximum absolute atomic E-state index is 14.1. The zero-order chi connectivity index (χ0) is 22.8. The average Bonchev–Trinajstić information content (AvgIpc) is 3.19. The Morgan fingerprint density at radius 2 is 1.94 bits per heavy atom. The van der Waals surface area contributed by atoms with Gasteiger partial charge in [-0.3, -0.25) is 14.7 Å². The molecule has 0 fully saturated rings. The van der Waals surface area contributed by atoms with Gasteiger partial charge in [0.2, 0.25) is 0 Å². The zero-order valence-corrected chi connectivity index (χ0v) is 18.0. The maximum Gasteiger partial charge on any atom is 0.273 e. The SMILES string of the molecule is Cc1ccc(NC(=O)c2c[nH]n3c(=O)cc(-c4ccc(COC(C)C)cc4)nc23)c(F)c1. The Hall–Kier alpha value is -3.78. The molecule has 4 aromatic rings. The van der Waals surface area contributed by atoms with Crippen LogP contribution in [0.25, 0.3) is 16.9 Å². The number of ether oxygens (including phenoxy) is 1. The summed E-state index contributed by atoms with van der Waals surface area (Å²) < 4.78 is 20.9. The molecule has 0 atom stereocenters. The number of H-pyrrole nitrogens is 1. The third kappa shape index (κ3) is 4.45. The molecule has 0 aliphatic rings. The van der Waals surface area contributed by atoms with Gasteiger partial charge in [-0.25, -0.2) is 13.9 Å². The van der Waals surface area contributed by atoms with Crippen molar-refractivity contribution in [2.75, 3.05) is 5.32 Å². The molecular formula is C24H23FN4O3. The van der Waals surface area contributed by atoms with E-state index in [0.29, 0.717) is 12.3 Å². The van der Waals surface area contributed by atoms with Crippen LogP contribution in [0.1, 0.15) is 35.3 Å². The second kappa shape index (κ2) is 8.76. The minimum atomic E-state index is -0.572. The second-order valence-corrected chi connectivity index (χ2v) is 7.82. The summed E-state index contributed by atoms with van der Waals surface area (Å²) >= 11 is 0. The molecule has 7 nitrogen and oxygen atoms in total. The Bertz CT molecular complexity index is 1340. The van der Waals surface area contributed by atoms with Crippen molar-refractivity contribution in [1.29, 1.82) is 0 Å². The lowest BCUT2D eigenvalue weighted by atomic mass is 10.1. The van der Waals surface area contributed by atoms with Crippen LogP contribution in [0, 0.1) is 12.7 Å². The summed E-state index contributed by atoms with van der Waals surface area (Å²) in [5.41, 5.74) is 2.89. The molecule has 0 aliphatic carbocycles. The van der Waals surface area contributed by atoms with Crippen LogP contribution in [-0.2, 0) is 11.3 Å². The number of fused-ring (bicyclic) bond motifs is 1. The molecule has 0 saturated heterocycles. The number of carbonyl (C=O) groups is 1. The lowest BCUT2D eigenvalue weighted by Gasteiger charge is -2.08. The Morgan fingerprint density at radius 3 is 2.62 bits per heavy atom. The van der Waals surface area contributed by atoms with Crippen LogP contribution in [0.2, 0.25) is 0 Å². The van der Waals surface area contributed by atoms with E-state index in [-0.39, 0.29) is 28.6 Å². The highest BCUT2D eigenvalue weighted by Crippen LogP contribution is 2.20. The minimum absolute atomic E-state index is 0.0534. The number of hydrogen-bond acceptors (Lipinski definition) is 4. The molecule has 0 radical (unpaired) electrons. The van der Waals surface area contributed by atoms with Crippen molar-refractivity contribution in [2.24, 2.45) is 0 Å². The van der Waals surface area contributed by atoms with E-state index >= 15 is 0 Å². The van der Waals surface area contributed by atoms with Crippen molar-refractivity contribution in [3.63, 3.8) is 0 Å². The van der Waals surface area contributed by atoms with E-state index in [1.807, 2.05) is 38.1 Å². The normalized spacial score (nSPS) is 11.3. The second-order valence-electron chi connectivity index (χ2n) is 7.82. The highest BCUT2D eigenvalue weighted by atomic mass is 19.1. The molecule has 0 saturated carbocycles. The quantitative estimate of drug-likeness (QED) is 0.473. The number of benzene rings is 2. The average molecular weight is 434 g/mol. The van der Waals surface area contributed by atoms with Gasteiger partial charge in [0.1, 0.15) is 11.4 Å². The van der Waals surface area contributed by atoms with E-state index < -0.39 is 11.7 Å². The lowest BCUT2D eigenvalue weighted by Crippen LogP contribution is -2.17. The molecule has 0 aliphatic heterocycles. The van der Waals surface area contributed by atoms with E-state index in [2.05, 4.69) is 15.4 Å². The fourth-order valence-corrected chi connectivity index (χ4v) is 3.24. The monoisotopic (exact) mass is 434 g/mol. The summed E-state index contributed by atoms with van der Waals surface area (Å²) in [6.07, 6.45) is 1.51. The molecule has 0 bridgehead atoms. The van der Waals surface area contributed by atoms with Gasteiger partial charge in [0.15, 0.2) is 5.65 Å². The zero-order valence-electron chi connectivity index (χ0n) is 18.0. The van der Waals surface area contributed by atoms with Crippen molar-refractivity contribution < 1.29 is 13.9 Å². The van der Waals surface area contributed by atoms with Gasteiger partial charge < -0.3 is 10.1 Å². The fraction of sp³-hybridized carbons (Fsp3) is 0.208. The Labute approximate surface area is 183 Å². The number of hydrogen-bond donors (Lipinski definition) is 2. The van der Waals surface area contributed by atoms with Gasteiger partial charge >= 0.3 is 0 Å². The predicted octanol–water partition coefficient (Wildman–Crippen LogP) is 4.31. The van der Waals surface area contributed by atoms with Gasteiger partial charge in [-0.1, -0.05) is 30.3 Å². The number of nitrogens with one attached hydrogen (secondary N) is 2. The minimum Gasteiger partial charge on any atom is -0.374 e. The number of anilines is 1. The summed E-state index contributed by atoms with van der Waals surface area (Å²) in [6.45, 7) is 6.19. The van der Waals surface area contributed by atoms with E-state index in [0.717, 1.165) is 16.7 Å². The van der Waals surface area contributed by atoms with Crippen LogP contribution in [-0.4, -0.2) is 26.6 Å². The summed E-state index contributed by atoms with van der Waals surface area (Å²) in [7, 11) is 0. The molecular weight excluding hydrogens is 411 g/mol. The van der Waals surface area contributed by atoms with Gasteiger partial charge in [-0.05, 0) is 44.0 Å². The topological polar surface area (TPSA) is 88.5 Å². The number of rotatable bonds is 6. The predicted molar refractivity (Wildman–Crippen MR) is 120 cm³/mol. The third-order valence-corrected chi connectivity index (χ3v) is 4.95. The fourth-order valence-electron chi connectivity index (χ4n) is 3.24. The first kappa shape index (κ1) is 21.5. The highest BCUT2D eigenvalue weighted by Gasteiger charge is 2.17. The first-order valence-corrected chi connectivity index (χ1v) is 10.2. The molecule has 2 aromatic heterocycles. The summed E-state index contributed by atoms with van der Waals surface area (Å²) in [4.78, 5) is 29.9. The molecule has 1 amide bonds. The smallest absolute Gasteiger partial charge is 0.273 e. The van der Waals surface area contributed by atoms with Crippen LogP contribution < -0.4 is 10.9 Å². The van der Waals surface area contributed by atoms with Crippen LogP contribution >= 0.6 is 0 Å². The molecule has 2 aromatic carbocycles. The van der Waals surface area contributed by atoms with Crippen LogP contribution in [0.15, 0.2) is 59.5 Å². The molecule has 32 heavy (non-hydrogen) atoms. The van der Waals surface area contributed by atoms with E-state index in [9.17, 15) is 14.0 Å². The van der Waals surface area contributed by atoms with Crippen LogP contribution in [0.5, 0.6) is 0 Å². The number of aryl methyl sites for hydroxylation is 1. The first-order valence-electron chi connectivity index (χ1n) is 10.2. The van der Waals surface area contributed by atoms with Crippen molar-refractivity contribution in [3.05, 3.63) is 87.6 Å². The first-order chi connectivity index (χ1) is 15.3. The number of aromatic amines is 1. The molecule has 0 unspecified atom stereocenters. The van der Waals surface area contributed by atoms with E-state index in [1.165, 1.54) is 28.9 Å². The summed E-state index contributed by atoms with van der Waals surface area (Å²) in [6, 6.07) is 13.4. The molecule has 8 heteroatoms. The summed E-state index contributed by atoms with van der Waals surface area (Å²) in [5, 5.41) is 5.27. The van der Waals surface area contributed by atoms with Crippen molar-refractivity contribution in [2.45, 2.75) is 33.5 Å².